The maximum atomic E-state index is 5.61. The zero-order valence-corrected chi connectivity index (χ0v) is 13.8. The minimum Gasteiger partial charge on any atom is -0.497 e. The predicted molar refractivity (Wildman–Crippen MR) is 94.4 cm³/mol. The molecule has 0 radical (unpaired) electrons. The van der Waals surface area contributed by atoms with Crippen LogP contribution in [0.4, 0.5) is 0 Å². The molecule has 1 N–H and O–H groups in total. The van der Waals surface area contributed by atoms with Crippen molar-refractivity contribution in [3.05, 3.63) is 35.5 Å². The van der Waals surface area contributed by atoms with Crippen molar-refractivity contribution in [1.82, 2.24) is 9.88 Å². The number of H-pyrrole nitrogens is 1. The van der Waals surface area contributed by atoms with Crippen molar-refractivity contribution < 1.29 is 4.74 Å². The molecule has 2 aliphatic rings. The Morgan fingerprint density at radius 2 is 2.27 bits per heavy atom. The molecule has 4 rings (SSSR count). The van der Waals surface area contributed by atoms with Crippen molar-refractivity contribution in [2.75, 3.05) is 13.7 Å². The monoisotopic (exact) mass is 312 g/mol. The SMILES string of the molecule is CCC1CN2C(=S)CCC=C2c2[nH]c3ccc(OC)cc3c21. The quantitative estimate of drug-likeness (QED) is 0.831. The van der Waals surface area contributed by atoms with Gasteiger partial charge in [-0.2, -0.15) is 0 Å². The molecule has 2 aromatic rings. The molecule has 3 heterocycles. The molecular weight excluding hydrogens is 292 g/mol. The Morgan fingerprint density at radius 1 is 1.41 bits per heavy atom. The van der Waals surface area contributed by atoms with Crippen LogP contribution in [0.25, 0.3) is 16.6 Å². The van der Waals surface area contributed by atoms with Gasteiger partial charge in [-0.25, -0.2) is 0 Å². The molecule has 0 amide bonds. The van der Waals surface area contributed by atoms with Crippen molar-refractivity contribution in [3.63, 3.8) is 0 Å². The van der Waals surface area contributed by atoms with Gasteiger partial charge >= 0.3 is 0 Å². The number of aromatic amines is 1. The summed E-state index contributed by atoms with van der Waals surface area (Å²) in [5, 5.41) is 1.29. The van der Waals surface area contributed by atoms with E-state index in [0.29, 0.717) is 5.92 Å². The van der Waals surface area contributed by atoms with E-state index in [2.05, 4.69) is 35.0 Å². The Morgan fingerprint density at radius 3 is 3.05 bits per heavy atom. The summed E-state index contributed by atoms with van der Waals surface area (Å²) in [7, 11) is 1.72. The summed E-state index contributed by atoms with van der Waals surface area (Å²) in [6.07, 6.45) is 5.48. The Bertz CT molecular complexity index is 790. The number of benzene rings is 1. The van der Waals surface area contributed by atoms with E-state index >= 15 is 0 Å². The summed E-state index contributed by atoms with van der Waals surface area (Å²) >= 11 is 5.61. The van der Waals surface area contributed by atoms with E-state index < -0.39 is 0 Å². The van der Waals surface area contributed by atoms with E-state index in [4.69, 9.17) is 17.0 Å². The Balaban J connectivity index is 1.98. The van der Waals surface area contributed by atoms with Gasteiger partial charge in [0.2, 0.25) is 0 Å². The van der Waals surface area contributed by atoms with Crippen LogP contribution in [0, 0.1) is 0 Å². The van der Waals surface area contributed by atoms with Crippen LogP contribution in [0.5, 0.6) is 5.75 Å². The molecule has 0 saturated heterocycles. The zero-order valence-electron chi connectivity index (χ0n) is 13.0. The van der Waals surface area contributed by atoms with Gasteiger partial charge in [-0.05, 0) is 36.6 Å². The summed E-state index contributed by atoms with van der Waals surface area (Å²) in [6, 6.07) is 6.29. The summed E-state index contributed by atoms with van der Waals surface area (Å²) in [6.45, 7) is 3.26. The highest BCUT2D eigenvalue weighted by Crippen LogP contribution is 2.43. The first-order chi connectivity index (χ1) is 10.7. The molecule has 3 nitrogen and oxygen atoms in total. The van der Waals surface area contributed by atoms with Gasteiger partial charge in [0.25, 0.3) is 0 Å². The largest absolute Gasteiger partial charge is 0.497 e. The average molecular weight is 312 g/mol. The molecule has 1 aromatic heterocycles. The number of fused-ring (bicyclic) bond motifs is 5. The van der Waals surface area contributed by atoms with Gasteiger partial charge in [-0.1, -0.05) is 25.2 Å². The maximum absolute atomic E-state index is 5.61. The summed E-state index contributed by atoms with van der Waals surface area (Å²) in [4.78, 5) is 7.04. The van der Waals surface area contributed by atoms with Crippen LogP contribution in [0.3, 0.4) is 0 Å². The van der Waals surface area contributed by atoms with Crippen molar-refractivity contribution in [2.45, 2.75) is 32.1 Å². The van der Waals surface area contributed by atoms with Crippen LogP contribution in [0.1, 0.15) is 43.4 Å². The number of hydrogen-bond acceptors (Lipinski definition) is 2. The number of aromatic nitrogens is 1. The molecule has 0 saturated carbocycles. The minimum atomic E-state index is 0.504. The van der Waals surface area contributed by atoms with E-state index in [-0.39, 0.29) is 0 Å². The number of thiocarbonyl (C=S) groups is 1. The zero-order chi connectivity index (χ0) is 15.3. The number of nitrogens with zero attached hydrogens (tertiary/aromatic N) is 1. The van der Waals surface area contributed by atoms with Crippen LogP contribution < -0.4 is 4.74 Å². The van der Waals surface area contributed by atoms with Gasteiger partial charge in [-0.3, -0.25) is 0 Å². The molecule has 0 bridgehead atoms. The molecule has 0 spiro atoms. The Hall–Kier alpha value is -1.81. The lowest BCUT2D eigenvalue weighted by atomic mass is 9.87. The van der Waals surface area contributed by atoms with Gasteiger partial charge in [-0.15, -0.1) is 0 Å². The lowest BCUT2D eigenvalue weighted by Crippen LogP contribution is -2.37. The van der Waals surface area contributed by atoms with Crippen molar-refractivity contribution in [1.29, 1.82) is 0 Å². The number of rotatable bonds is 2. The second-order valence-corrected chi connectivity index (χ2v) is 6.53. The van der Waals surface area contributed by atoms with Gasteiger partial charge < -0.3 is 14.6 Å². The fourth-order valence-corrected chi connectivity index (χ4v) is 4.03. The first kappa shape index (κ1) is 13.8. The normalized spacial score (nSPS) is 20.6. The molecule has 4 heteroatoms. The fourth-order valence-electron chi connectivity index (χ4n) is 3.74. The van der Waals surface area contributed by atoms with Crippen LogP contribution in [0.15, 0.2) is 24.3 Å². The fraction of sp³-hybridized carbons (Fsp3) is 0.389. The lowest BCUT2D eigenvalue weighted by Gasteiger charge is -2.38. The summed E-state index contributed by atoms with van der Waals surface area (Å²) < 4.78 is 5.42. The first-order valence-corrected chi connectivity index (χ1v) is 8.34. The summed E-state index contributed by atoms with van der Waals surface area (Å²) in [5.74, 6) is 1.42. The predicted octanol–water partition coefficient (Wildman–Crippen LogP) is 4.45. The van der Waals surface area contributed by atoms with Gasteiger partial charge in [0.1, 0.15) is 5.75 Å². The average Bonchev–Trinajstić information content (AvgIpc) is 2.93. The third kappa shape index (κ3) is 1.90. The van der Waals surface area contributed by atoms with Crippen molar-refractivity contribution in [3.8, 4) is 5.75 Å². The Kier molecular flexibility index (Phi) is 3.22. The van der Waals surface area contributed by atoms with E-state index in [1.54, 1.807) is 7.11 Å². The molecular formula is C18H20N2OS. The number of ether oxygens (including phenoxy) is 1. The molecule has 0 fully saturated rings. The van der Waals surface area contributed by atoms with Gasteiger partial charge in [0.15, 0.2) is 0 Å². The highest BCUT2D eigenvalue weighted by atomic mass is 32.1. The third-order valence-corrected chi connectivity index (χ3v) is 5.32. The second-order valence-electron chi connectivity index (χ2n) is 6.06. The highest BCUT2D eigenvalue weighted by Gasteiger charge is 2.34. The molecule has 22 heavy (non-hydrogen) atoms. The van der Waals surface area contributed by atoms with E-state index in [1.807, 2.05) is 6.07 Å². The first-order valence-electron chi connectivity index (χ1n) is 7.93. The highest BCUT2D eigenvalue weighted by molar-refractivity contribution is 7.80. The van der Waals surface area contributed by atoms with Crippen LogP contribution in [0.2, 0.25) is 0 Å². The number of hydrogen-bond donors (Lipinski definition) is 1. The molecule has 0 aliphatic carbocycles. The summed E-state index contributed by atoms with van der Waals surface area (Å²) in [5.41, 5.74) is 5.14. The van der Waals surface area contributed by atoms with Crippen LogP contribution in [-0.4, -0.2) is 28.5 Å². The van der Waals surface area contributed by atoms with E-state index in [9.17, 15) is 0 Å². The number of allylic oxidation sites excluding steroid dienone is 1. The second kappa shape index (κ2) is 5.13. The molecule has 1 aromatic carbocycles. The van der Waals surface area contributed by atoms with E-state index in [0.717, 1.165) is 36.5 Å². The van der Waals surface area contributed by atoms with Crippen molar-refractivity contribution >= 4 is 33.8 Å². The lowest BCUT2D eigenvalue weighted by molar-refractivity contribution is 0.415. The number of methoxy groups -OCH3 is 1. The third-order valence-electron chi connectivity index (χ3n) is 4.89. The maximum Gasteiger partial charge on any atom is 0.119 e. The molecule has 1 unspecified atom stereocenters. The smallest absolute Gasteiger partial charge is 0.119 e. The number of nitrogens with one attached hydrogen (secondary N) is 1. The van der Waals surface area contributed by atoms with Gasteiger partial charge in [0.05, 0.1) is 23.5 Å². The van der Waals surface area contributed by atoms with E-state index in [1.165, 1.54) is 27.9 Å². The Labute approximate surface area is 136 Å². The van der Waals surface area contributed by atoms with Gasteiger partial charge in [0, 0.05) is 29.8 Å². The van der Waals surface area contributed by atoms with Crippen LogP contribution >= 0.6 is 12.2 Å². The molecule has 2 aliphatic heterocycles. The molecule has 1 atom stereocenters. The van der Waals surface area contributed by atoms with Crippen LogP contribution in [-0.2, 0) is 0 Å². The standard InChI is InChI=1S/C18H20N2OS/c1-3-11-10-20-15(5-4-6-16(20)22)18-17(11)13-9-12(21-2)7-8-14(13)19-18/h5,7-9,11,19H,3-4,6,10H2,1-2H3. The molecule has 114 valence electrons. The van der Waals surface area contributed by atoms with Crippen molar-refractivity contribution in [2.24, 2.45) is 0 Å². The topological polar surface area (TPSA) is 28.3 Å². The minimum absolute atomic E-state index is 0.504.